The van der Waals surface area contributed by atoms with Crippen molar-refractivity contribution in [3.63, 3.8) is 0 Å². The highest BCUT2D eigenvalue weighted by molar-refractivity contribution is 5.96. The van der Waals surface area contributed by atoms with Crippen LogP contribution >= 0.6 is 0 Å². The molecule has 248 valence electrons. The van der Waals surface area contributed by atoms with Gasteiger partial charge in [-0.3, -0.25) is 9.59 Å². The Morgan fingerprint density at radius 2 is 1.58 bits per heavy atom. The van der Waals surface area contributed by atoms with Crippen molar-refractivity contribution >= 4 is 11.8 Å². The van der Waals surface area contributed by atoms with Crippen LogP contribution < -0.4 is 10.6 Å². The minimum Gasteiger partial charge on any atom is -0.507 e. The van der Waals surface area contributed by atoms with Crippen LogP contribution in [0.5, 0.6) is 5.75 Å². The van der Waals surface area contributed by atoms with Crippen LogP contribution in [0.3, 0.4) is 0 Å². The van der Waals surface area contributed by atoms with Gasteiger partial charge in [-0.15, -0.1) is 0 Å². The molecular formula is C39H58N2O4. The van der Waals surface area contributed by atoms with Gasteiger partial charge < -0.3 is 20.8 Å². The van der Waals surface area contributed by atoms with Crippen molar-refractivity contribution in [1.29, 1.82) is 0 Å². The number of aromatic hydroxyl groups is 1. The molecular weight excluding hydrogens is 560 g/mol. The molecule has 0 spiro atoms. The molecule has 4 N–H and O–H groups in total. The first kappa shape index (κ1) is 32.6. The van der Waals surface area contributed by atoms with Crippen LogP contribution in [0.1, 0.15) is 117 Å². The zero-order valence-electron chi connectivity index (χ0n) is 28.8. The number of amides is 2. The molecule has 6 heteroatoms. The zero-order valence-corrected chi connectivity index (χ0v) is 28.8. The molecule has 10 atom stereocenters. The summed E-state index contributed by atoms with van der Waals surface area (Å²) < 4.78 is 0. The molecule has 0 radical (unpaired) electrons. The second-order valence-corrected chi connectivity index (χ2v) is 17.2. The van der Waals surface area contributed by atoms with E-state index in [1.54, 1.807) is 23.8 Å². The van der Waals surface area contributed by atoms with E-state index in [4.69, 9.17) is 0 Å². The summed E-state index contributed by atoms with van der Waals surface area (Å²) in [5.41, 5.74) is 1.75. The highest BCUT2D eigenvalue weighted by Crippen LogP contribution is 2.75. The highest BCUT2D eigenvalue weighted by Gasteiger charge is 2.69. The average molecular weight is 619 g/mol. The Hall–Kier alpha value is -2.34. The van der Waals surface area contributed by atoms with Crippen molar-refractivity contribution < 1.29 is 19.8 Å². The lowest BCUT2D eigenvalue weighted by Crippen LogP contribution is -2.66. The quantitative estimate of drug-likeness (QED) is 0.206. The third-order valence-corrected chi connectivity index (χ3v) is 15.3. The number of fused-ring (bicyclic) bond motifs is 7. The Labute approximate surface area is 271 Å². The van der Waals surface area contributed by atoms with Gasteiger partial charge >= 0.3 is 0 Å². The molecule has 0 aliphatic heterocycles. The lowest BCUT2D eigenvalue weighted by atomic mass is 9.33. The fourth-order valence-electron chi connectivity index (χ4n) is 12.2. The third kappa shape index (κ3) is 4.65. The van der Waals surface area contributed by atoms with Gasteiger partial charge in [-0.25, -0.2) is 0 Å². The standard InChI is InChI=1S/C39H58N2O4/c1-24-14-19-39(34(45)41-23-22-40-33(44)26-10-8-9-11-28(26)42)21-20-37(6)27(32(39)25(24)2)12-13-30-36(5)17-16-31(43)35(3,4)29(36)15-18-38(30,37)7/h8-12,24-25,29-32,42-43H,13-23H2,1-7H3,(H,40,44)(H,41,45)/t24-,25+,29+,30-,31+,32+,36+,37-,38-,39+/m1/s1. The van der Waals surface area contributed by atoms with Crippen molar-refractivity contribution in [1.82, 2.24) is 10.6 Å². The molecule has 4 saturated carbocycles. The van der Waals surface area contributed by atoms with E-state index >= 15 is 0 Å². The lowest BCUT2D eigenvalue weighted by Gasteiger charge is -2.71. The molecule has 2 amide bonds. The van der Waals surface area contributed by atoms with Gasteiger partial charge in [0.15, 0.2) is 0 Å². The van der Waals surface area contributed by atoms with E-state index < -0.39 is 5.41 Å². The number of aliphatic hydroxyl groups excluding tert-OH is 1. The molecule has 0 bridgehead atoms. The summed E-state index contributed by atoms with van der Waals surface area (Å²) >= 11 is 0. The van der Waals surface area contributed by atoms with Crippen LogP contribution in [-0.4, -0.2) is 41.2 Å². The van der Waals surface area contributed by atoms with Gasteiger partial charge in [0.25, 0.3) is 5.91 Å². The SMILES string of the molecule is C[C@H]1[C@H](C)CC[C@]2(C(=O)NCCNC(=O)c3ccccc3O)CC[C@]3(C)C(=CC[C@@H]4[C@@]5(C)CC[C@H](O)C(C)(C)[C@@H]5CC[C@]43C)[C@H]12. The molecule has 0 saturated heterocycles. The number of phenols is 1. The Kier molecular flexibility index (Phi) is 8.06. The first-order chi connectivity index (χ1) is 21.1. The van der Waals surface area contributed by atoms with E-state index in [-0.39, 0.29) is 56.8 Å². The fraction of sp³-hybridized carbons (Fsp3) is 0.744. The third-order valence-electron chi connectivity index (χ3n) is 15.3. The summed E-state index contributed by atoms with van der Waals surface area (Å²) in [6, 6.07) is 6.53. The van der Waals surface area contributed by atoms with Crippen molar-refractivity contribution in [3.8, 4) is 5.75 Å². The first-order valence-electron chi connectivity index (χ1n) is 17.9. The van der Waals surface area contributed by atoms with E-state index in [2.05, 4.69) is 65.2 Å². The largest absolute Gasteiger partial charge is 0.507 e. The number of hydrogen-bond donors (Lipinski definition) is 4. The number of allylic oxidation sites excluding steroid dienone is 2. The van der Waals surface area contributed by atoms with Gasteiger partial charge in [0, 0.05) is 13.1 Å². The molecule has 0 heterocycles. The van der Waals surface area contributed by atoms with Gasteiger partial charge in [-0.2, -0.15) is 0 Å². The zero-order chi connectivity index (χ0) is 32.6. The average Bonchev–Trinajstić information content (AvgIpc) is 2.99. The van der Waals surface area contributed by atoms with E-state index in [0.29, 0.717) is 36.8 Å². The van der Waals surface area contributed by atoms with Crippen LogP contribution in [0.15, 0.2) is 35.9 Å². The van der Waals surface area contributed by atoms with Crippen molar-refractivity contribution in [2.24, 2.45) is 56.7 Å². The monoisotopic (exact) mass is 618 g/mol. The number of phenolic OH excluding ortho intramolecular Hbond substituents is 1. The minimum atomic E-state index is -0.416. The fourth-order valence-corrected chi connectivity index (χ4v) is 12.2. The van der Waals surface area contributed by atoms with Crippen molar-refractivity contribution in [2.75, 3.05) is 13.1 Å². The van der Waals surface area contributed by atoms with E-state index in [0.717, 1.165) is 44.9 Å². The molecule has 0 unspecified atom stereocenters. The summed E-state index contributed by atoms with van der Waals surface area (Å²) in [4.78, 5) is 27.0. The molecule has 1 aromatic carbocycles. The van der Waals surface area contributed by atoms with E-state index in [1.807, 2.05) is 0 Å². The number of benzene rings is 1. The van der Waals surface area contributed by atoms with Gasteiger partial charge in [-0.1, -0.05) is 72.2 Å². The molecule has 5 aliphatic rings. The summed E-state index contributed by atoms with van der Waals surface area (Å²) in [6.45, 7) is 17.8. The van der Waals surface area contributed by atoms with Crippen LogP contribution in [0.4, 0.5) is 0 Å². The summed E-state index contributed by atoms with van der Waals surface area (Å²) in [5, 5.41) is 27.2. The Balaban J connectivity index is 1.25. The summed E-state index contributed by atoms with van der Waals surface area (Å²) in [6.07, 6.45) is 11.8. The predicted molar refractivity (Wildman–Crippen MR) is 178 cm³/mol. The topological polar surface area (TPSA) is 98.7 Å². The lowest BCUT2D eigenvalue weighted by molar-refractivity contribution is -0.204. The van der Waals surface area contributed by atoms with Crippen molar-refractivity contribution in [2.45, 2.75) is 112 Å². The van der Waals surface area contributed by atoms with Crippen LogP contribution in [0, 0.1) is 56.7 Å². The number of hydrogen-bond acceptors (Lipinski definition) is 4. The normalized spacial score (nSPS) is 43.4. The second kappa shape index (κ2) is 11.1. The van der Waals surface area contributed by atoms with Gasteiger partial charge in [0.2, 0.25) is 5.91 Å². The minimum absolute atomic E-state index is 0.0414. The molecule has 5 aliphatic carbocycles. The molecule has 6 rings (SSSR count). The van der Waals surface area contributed by atoms with E-state index in [9.17, 15) is 19.8 Å². The number of rotatable bonds is 5. The first-order valence-corrected chi connectivity index (χ1v) is 17.9. The Morgan fingerprint density at radius 1 is 0.867 bits per heavy atom. The molecule has 6 nitrogen and oxygen atoms in total. The van der Waals surface area contributed by atoms with E-state index in [1.165, 1.54) is 18.9 Å². The second-order valence-electron chi connectivity index (χ2n) is 17.2. The van der Waals surface area contributed by atoms with Crippen molar-refractivity contribution in [3.05, 3.63) is 41.5 Å². The number of para-hydroxylation sites is 1. The highest BCUT2D eigenvalue weighted by atomic mass is 16.3. The maximum atomic E-state index is 14.3. The van der Waals surface area contributed by atoms with Gasteiger partial charge in [0.05, 0.1) is 17.1 Å². The van der Waals surface area contributed by atoms with Crippen LogP contribution in [0.25, 0.3) is 0 Å². The van der Waals surface area contributed by atoms with Crippen LogP contribution in [-0.2, 0) is 4.79 Å². The molecule has 1 aromatic rings. The van der Waals surface area contributed by atoms with Crippen LogP contribution in [0.2, 0.25) is 0 Å². The number of carbonyl (C=O) groups is 2. The van der Waals surface area contributed by atoms with Gasteiger partial charge in [0.1, 0.15) is 5.75 Å². The van der Waals surface area contributed by atoms with Gasteiger partial charge in [-0.05, 0) is 121 Å². The molecule has 4 fully saturated rings. The summed E-state index contributed by atoms with van der Waals surface area (Å²) in [5.74, 6) is 2.10. The molecule has 45 heavy (non-hydrogen) atoms. The Morgan fingerprint density at radius 3 is 2.31 bits per heavy atom. The smallest absolute Gasteiger partial charge is 0.255 e. The number of aliphatic hydroxyl groups is 1. The predicted octanol–water partition coefficient (Wildman–Crippen LogP) is 7.26. The maximum absolute atomic E-state index is 14.3. The Bertz CT molecular complexity index is 1370. The maximum Gasteiger partial charge on any atom is 0.255 e. The summed E-state index contributed by atoms with van der Waals surface area (Å²) in [7, 11) is 0. The molecule has 0 aromatic heterocycles. The number of nitrogens with one attached hydrogen (secondary N) is 2. The number of carbonyl (C=O) groups excluding carboxylic acids is 2.